The number of allylic oxidation sites excluding steroid dienone is 2. The van der Waals surface area contributed by atoms with Crippen LogP contribution in [0, 0.1) is 17.8 Å². The highest BCUT2D eigenvalue weighted by molar-refractivity contribution is 6.01. The highest BCUT2D eigenvalue weighted by Gasteiger charge is 2.36. The van der Waals surface area contributed by atoms with Crippen LogP contribution >= 0.6 is 0 Å². The van der Waals surface area contributed by atoms with E-state index in [-0.39, 0.29) is 11.4 Å². The maximum absolute atomic E-state index is 12.0. The fraction of sp³-hybridized carbons (Fsp3) is 0.811. The van der Waals surface area contributed by atoms with Crippen LogP contribution in [0.3, 0.4) is 0 Å². The smallest absolute Gasteiger partial charge is 0.223 e. The van der Waals surface area contributed by atoms with E-state index >= 15 is 0 Å². The third-order valence-electron chi connectivity index (χ3n) is 7.87. The molecule has 2 saturated carbocycles. The summed E-state index contributed by atoms with van der Waals surface area (Å²) < 4.78 is 0. The molecule has 0 aromatic rings. The minimum absolute atomic E-state index is 0.0214. The van der Waals surface area contributed by atoms with Crippen LogP contribution in [-0.4, -0.2) is 49.0 Å². The van der Waals surface area contributed by atoms with E-state index in [0.717, 1.165) is 54.7 Å². The van der Waals surface area contributed by atoms with E-state index in [2.05, 4.69) is 89.2 Å². The van der Waals surface area contributed by atoms with E-state index < -0.39 is 0 Å². The molecule has 3 rings (SSSR count). The van der Waals surface area contributed by atoms with Crippen LogP contribution in [0.25, 0.3) is 0 Å². The minimum atomic E-state index is -0.0214. The van der Waals surface area contributed by atoms with Gasteiger partial charge in [0, 0.05) is 42.5 Å². The van der Waals surface area contributed by atoms with E-state index in [0.29, 0.717) is 18.9 Å². The van der Waals surface area contributed by atoms with Crippen LogP contribution in [0.5, 0.6) is 0 Å². The molecule has 1 atom stereocenters. The summed E-state index contributed by atoms with van der Waals surface area (Å²) in [5, 5.41) is 3.35. The molecule has 3 N–H and O–H groups in total. The Kier molecular flexibility index (Phi) is 26.6. The van der Waals surface area contributed by atoms with Gasteiger partial charge >= 0.3 is 0 Å². The SMILES string of the molecule is C=NC(=NCCCN1C(=O)CCC1(C)C)/C(=C\N/C(C)=C/CC)C1CC1.CC.CC1CC1.CCCCC(C)CCC.CN. The van der Waals surface area contributed by atoms with Crippen molar-refractivity contribution < 1.29 is 4.79 Å². The van der Waals surface area contributed by atoms with Gasteiger partial charge in [0.2, 0.25) is 5.91 Å². The fourth-order valence-electron chi connectivity index (χ4n) is 4.77. The van der Waals surface area contributed by atoms with Crippen molar-refractivity contribution in [2.24, 2.45) is 33.5 Å². The summed E-state index contributed by atoms with van der Waals surface area (Å²) in [7, 11) is 1.50. The number of carbonyl (C=O) groups excluding carboxylic acids is 1. The molecule has 1 amide bonds. The average Bonchev–Trinajstić information content (AvgIpc) is 3.94. The second kappa shape index (κ2) is 26.5. The third-order valence-corrected chi connectivity index (χ3v) is 7.87. The number of unbranched alkanes of at least 4 members (excludes halogenated alkanes) is 1. The number of nitrogens with one attached hydrogen (secondary N) is 1. The van der Waals surface area contributed by atoms with Crippen molar-refractivity contribution in [3.63, 3.8) is 0 Å². The van der Waals surface area contributed by atoms with Crippen LogP contribution in [-0.2, 0) is 4.79 Å². The van der Waals surface area contributed by atoms with Crippen molar-refractivity contribution >= 4 is 18.5 Å². The van der Waals surface area contributed by atoms with Gasteiger partial charge in [-0.3, -0.25) is 9.79 Å². The third kappa shape index (κ3) is 21.4. The van der Waals surface area contributed by atoms with Gasteiger partial charge in [0.05, 0.1) is 0 Å². The molecule has 1 heterocycles. The molecule has 6 heteroatoms. The number of rotatable bonds is 14. The van der Waals surface area contributed by atoms with Gasteiger partial charge in [-0.2, -0.15) is 0 Å². The highest BCUT2D eigenvalue weighted by Crippen LogP contribution is 2.37. The van der Waals surface area contributed by atoms with Crippen LogP contribution < -0.4 is 11.1 Å². The summed E-state index contributed by atoms with van der Waals surface area (Å²) in [6, 6.07) is 0. The number of aliphatic imine (C=N–C) groups is 2. The fourth-order valence-corrected chi connectivity index (χ4v) is 4.77. The predicted molar refractivity (Wildman–Crippen MR) is 193 cm³/mol. The number of carbonyl (C=O) groups is 1. The molecule has 0 aromatic heterocycles. The Morgan fingerprint density at radius 1 is 1.09 bits per heavy atom. The molecule has 252 valence electrons. The molecule has 6 nitrogen and oxygen atoms in total. The number of nitrogens with two attached hydrogens (primary N) is 1. The molecular weight excluding hydrogens is 530 g/mol. The zero-order valence-corrected chi connectivity index (χ0v) is 30.5. The van der Waals surface area contributed by atoms with Crippen molar-refractivity contribution in [1.82, 2.24) is 10.2 Å². The first-order chi connectivity index (χ1) is 20.6. The zero-order valence-electron chi connectivity index (χ0n) is 30.5. The number of hydrogen-bond acceptors (Lipinski definition) is 4. The Bertz CT molecular complexity index is 806. The van der Waals surface area contributed by atoms with E-state index in [9.17, 15) is 4.79 Å². The van der Waals surface area contributed by atoms with Gasteiger partial charge in [-0.05, 0) is 84.4 Å². The first kappa shape index (κ1) is 43.2. The number of nitrogens with zero attached hydrogens (tertiary/aromatic N) is 3. The minimum Gasteiger partial charge on any atom is -0.365 e. The predicted octanol–water partition coefficient (Wildman–Crippen LogP) is 9.70. The molecule has 1 aliphatic heterocycles. The number of amides is 1. The van der Waals surface area contributed by atoms with Gasteiger partial charge in [-0.1, -0.05) is 99.5 Å². The standard InChI is InChI=1S/C21H34N4O.C9H20.C4H8.C2H6.CH5N/c1-6-8-16(2)24-15-18(17-9-10-17)20(22-5)23-13-7-14-25-19(26)11-12-21(25,3)4;1-4-6-8-9(3)7-5-2;1-4-2-3-4;2*1-2/h8,15,17,24H,5-7,9-14H2,1-4H3;9H,4-8H2,1-3H3;4H,2-3H2,1H3;1-2H3;2H2,1H3/b16-8+,18-15-,23-20?;;;;. The Labute approximate surface area is 268 Å². The summed E-state index contributed by atoms with van der Waals surface area (Å²) in [5.74, 6) is 3.61. The monoisotopic (exact) mass is 604 g/mol. The maximum Gasteiger partial charge on any atom is 0.223 e. The Morgan fingerprint density at radius 2 is 1.70 bits per heavy atom. The molecule has 0 spiro atoms. The lowest BCUT2D eigenvalue weighted by Crippen LogP contribution is -2.41. The number of likely N-dealkylation sites (tertiary alicyclic amines) is 1. The molecule has 1 saturated heterocycles. The van der Waals surface area contributed by atoms with Gasteiger partial charge in [0.15, 0.2) is 5.84 Å². The Morgan fingerprint density at radius 3 is 2.12 bits per heavy atom. The van der Waals surface area contributed by atoms with Gasteiger partial charge < -0.3 is 16.0 Å². The molecule has 3 aliphatic rings. The summed E-state index contributed by atoms with van der Waals surface area (Å²) in [5.41, 5.74) is 6.78. The summed E-state index contributed by atoms with van der Waals surface area (Å²) in [4.78, 5) is 22.9. The van der Waals surface area contributed by atoms with Crippen molar-refractivity contribution in [3.8, 4) is 0 Å². The van der Waals surface area contributed by atoms with Crippen molar-refractivity contribution in [1.29, 1.82) is 0 Å². The normalized spacial score (nSPS) is 18.5. The van der Waals surface area contributed by atoms with Crippen LogP contribution in [0.2, 0.25) is 0 Å². The van der Waals surface area contributed by atoms with Gasteiger partial charge in [0.1, 0.15) is 0 Å². The average molecular weight is 604 g/mol. The topological polar surface area (TPSA) is 83.1 Å². The number of hydrogen-bond donors (Lipinski definition) is 2. The lowest BCUT2D eigenvalue weighted by molar-refractivity contribution is -0.130. The largest absolute Gasteiger partial charge is 0.365 e. The zero-order chi connectivity index (χ0) is 33.3. The maximum atomic E-state index is 12.0. The lowest BCUT2D eigenvalue weighted by atomic mass is 10.00. The summed E-state index contributed by atoms with van der Waals surface area (Å²) >= 11 is 0. The molecule has 1 unspecified atom stereocenters. The lowest BCUT2D eigenvalue weighted by Gasteiger charge is -2.31. The molecule has 0 bridgehead atoms. The van der Waals surface area contributed by atoms with Crippen molar-refractivity contribution in [3.05, 3.63) is 23.5 Å². The molecule has 0 radical (unpaired) electrons. The molecular formula is C37H73N5O. The Balaban J connectivity index is 0. The van der Waals surface area contributed by atoms with Gasteiger partial charge in [-0.25, -0.2) is 4.99 Å². The molecule has 43 heavy (non-hydrogen) atoms. The molecule has 2 aliphatic carbocycles. The molecule has 0 aromatic carbocycles. The Hall–Kier alpha value is -1.95. The summed E-state index contributed by atoms with van der Waals surface area (Å²) in [6.45, 7) is 26.8. The number of amidine groups is 1. The van der Waals surface area contributed by atoms with E-state index in [1.807, 2.05) is 24.9 Å². The quantitative estimate of drug-likeness (QED) is 0.118. The van der Waals surface area contributed by atoms with Crippen molar-refractivity contribution in [2.45, 2.75) is 158 Å². The van der Waals surface area contributed by atoms with Crippen LogP contribution in [0.4, 0.5) is 0 Å². The van der Waals surface area contributed by atoms with Crippen molar-refractivity contribution in [2.75, 3.05) is 20.1 Å². The summed E-state index contributed by atoms with van der Waals surface area (Å²) in [6.07, 6.45) is 20.0. The van der Waals surface area contributed by atoms with E-state index in [1.54, 1.807) is 0 Å². The first-order valence-corrected chi connectivity index (χ1v) is 17.6. The van der Waals surface area contributed by atoms with E-state index in [4.69, 9.17) is 0 Å². The van der Waals surface area contributed by atoms with Crippen LogP contribution in [0.15, 0.2) is 33.5 Å². The first-order valence-electron chi connectivity index (χ1n) is 17.6. The van der Waals surface area contributed by atoms with Crippen LogP contribution in [0.1, 0.15) is 153 Å². The van der Waals surface area contributed by atoms with Gasteiger partial charge in [0.25, 0.3) is 0 Å². The van der Waals surface area contributed by atoms with E-state index in [1.165, 1.54) is 64.8 Å². The second-order valence-electron chi connectivity index (χ2n) is 12.6. The second-order valence-corrected chi connectivity index (χ2v) is 12.6. The highest BCUT2D eigenvalue weighted by atomic mass is 16.2. The van der Waals surface area contributed by atoms with Gasteiger partial charge in [-0.15, -0.1) is 0 Å². The molecule has 3 fully saturated rings.